The lowest BCUT2D eigenvalue weighted by Crippen LogP contribution is -2.44. The van der Waals surface area contributed by atoms with Gasteiger partial charge >= 0.3 is 0 Å². The third-order valence-electron chi connectivity index (χ3n) is 5.91. The molecule has 0 bridgehead atoms. The van der Waals surface area contributed by atoms with Crippen LogP contribution in [0, 0.1) is 17.3 Å². The molecule has 2 aliphatic rings. The van der Waals surface area contributed by atoms with Crippen LogP contribution < -0.4 is 0 Å². The molecule has 2 heteroatoms. The smallest absolute Gasteiger partial charge is 0.0486 e. The van der Waals surface area contributed by atoms with Gasteiger partial charge in [0.2, 0.25) is 0 Å². The molecule has 0 fully saturated rings. The van der Waals surface area contributed by atoms with Crippen LogP contribution in [-0.4, -0.2) is 19.8 Å². The molecule has 0 radical (unpaired) electrons. The molecule has 0 saturated carbocycles. The zero-order chi connectivity index (χ0) is 15.1. The van der Waals surface area contributed by atoms with E-state index in [0.29, 0.717) is 23.9 Å². The van der Waals surface area contributed by atoms with Crippen molar-refractivity contribution in [2.24, 2.45) is 17.3 Å². The molecule has 0 aliphatic heterocycles. The maximum absolute atomic E-state index is 9.46. The second-order valence-electron chi connectivity index (χ2n) is 8.40. The summed E-state index contributed by atoms with van der Waals surface area (Å²) in [6.07, 6.45) is 8.81. The maximum atomic E-state index is 9.46. The van der Waals surface area contributed by atoms with Crippen molar-refractivity contribution in [2.45, 2.75) is 65.2 Å². The Balaban J connectivity index is 2.41. The maximum Gasteiger partial charge on any atom is 0.0486 e. The summed E-state index contributed by atoms with van der Waals surface area (Å²) in [7, 11) is -1.16. The Morgan fingerprint density at radius 3 is 2.60 bits per heavy atom. The molecule has 0 unspecified atom stereocenters. The van der Waals surface area contributed by atoms with Crippen LogP contribution in [0.15, 0.2) is 23.3 Å². The summed E-state index contributed by atoms with van der Waals surface area (Å²) < 4.78 is 0. The van der Waals surface area contributed by atoms with Crippen molar-refractivity contribution in [3.05, 3.63) is 23.3 Å². The van der Waals surface area contributed by atoms with Gasteiger partial charge in [-0.3, -0.25) is 0 Å². The van der Waals surface area contributed by atoms with E-state index in [2.05, 4.69) is 52.6 Å². The first-order valence-electron chi connectivity index (χ1n) is 8.20. The lowest BCUT2D eigenvalue weighted by Gasteiger charge is -2.51. The molecular weight excluding hydrogens is 260 g/mol. The summed E-state index contributed by atoms with van der Waals surface area (Å²) in [5.74, 6) is 0.957. The summed E-state index contributed by atoms with van der Waals surface area (Å²) in [4.78, 5) is 0. The second kappa shape index (κ2) is 5.45. The Bertz CT molecular complexity index is 429. The lowest BCUT2D eigenvalue weighted by atomic mass is 9.62. The number of rotatable bonds is 3. The van der Waals surface area contributed by atoms with Gasteiger partial charge in [-0.25, -0.2) is 0 Å². The van der Waals surface area contributed by atoms with Crippen LogP contribution in [0.4, 0.5) is 0 Å². The average Bonchev–Trinajstić information content (AvgIpc) is 2.36. The quantitative estimate of drug-likeness (QED) is 0.724. The van der Waals surface area contributed by atoms with Crippen molar-refractivity contribution in [1.82, 2.24) is 0 Å². The van der Waals surface area contributed by atoms with Crippen LogP contribution in [-0.2, 0) is 0 Å². The van der Waals surface area contributed by atoms with Crippen LogP contribution in [0.2, 0.25) is 25.2 Å². The van der Waals surface area contributed by atoms with Crippen LogP contribution in [0.5, 0.6) is 0 Å². The Labute approximate surface area is 126 Å². The number of aliphatic hydroxyl groups excluding tert-OH is 1. The molecule has 4 atom stereocenters. The number of hydrogen-bond donors (Lipinski definition) is 1. The molecular formula is C18H32OSi. The Hall–Kier alpha value is -0.343. The van der Waals surface area contributed by atoms with Gasteiger partial charge in [0.15, 0.2) is 0 Å². The van der Waals surface area contributed by atoms with Gasteiger partial charge in [0.25, 0.3) is 0 Å². The number of aliphatic hydroxyl groups is 1. The van der Waals surface area contributed by atoms with Crippen LogP contribution in [0.1, 0.15) is 40.0 Å². The summed E-state index contributed by atoms with van der Waals surface area (Å²) in [6, 6.07) is 0. The second-order valence-corrected chi connectivity index (χ2v) is 13.8. The molecule has 0 aromatic carbocycles. The van der Waals surface area contributed by atoms with Gasteiger partial charge in [-0.2, -0.15) is 0 Å². The van der Waals surface area contributed by atoms with Crippen molar-refractivity contribution in [3.8, 4) is 0 Å². The molecule has 1 nitrogen and oxygen atoms in total. The predicted molar refractivity (Wildman–Crippen MR) is 90.6 cm³/mol. The minimum atomic E-state index is -1.16. The molecule has 0 amide bonds. The standard InChI is InChI=1S/C18H32OSi/c1-13-7-8-17(20(4,5)6)18(3)10-9-15(11-16(13)18)14(2)12-19/h7,11,14-15,17,19H,8-10,12H2,1-6H3/t14-,15-,17+,18-/m1/s1. The lowest BCUT2D eigenvalue weighted by molar-refractivity contribution is 0.177. The minimum absolute atomic E-state index is 0.311. The van der Waals surface area contributed by atoms with E-state index in [1.165, 1.54) is 24.8 Å². The molecule has 0 spiro atoms. The largest absolute Gasteiger partial charge is 0.396 e. The zero-order valence-corrected chi connectivity index (χ0v) is 15.2. The number of fused-ring (bicyclic) bond motifs is 1. The van der Waals surface area contributed by atoms with Crippen LogP contribution in [0.25, 0.3) is 0 Å². The van der Waals surface area contributed by atoms with Gasteiger partial charge in [0.1, 0.15) is 0 Å². The first-order chi connectivity index (χ1) is 9.20. The Morgan fingerprint density at radius 2 is 2.05 bits per heavy atom. The molecule has 2 rings (SSSR count). The van der Waals surface area contributed by atoms with Crippen LogP contribution >= 0.6 is 0 Å². The number of hydrogen-bond acceptors (Lipinski definition) is 1. The van der Waals surface area contributed by atoms with Gasteiger partial charge in [0, 0.05) is 14.7 Å². The molecule has 20 heavy (non-hydrogen) atoms. The van der Waals surface area contributed by atoms with E-state index >= 15 is 0 Å². The van der Waals surface area contributed by atoms with E-state index in [9.17, 15) is 5.11 Å². The van der Waals surface area contributed by atoms with Gasteiger partial charge in [-0.1, -0.05) is 51.2 Å². The fourth-order valence-corrected chi connectivity index (χ4v) is 7.63. The summed E-state index contributed by atoms with van der Waals surface area (Å²) in [6.45, 7) is 14.9. The summed E-state index contributed by atoms with van der Waals surface area (Å²) >= 11 is 0. The highest BCUT2D eigenvalue weighted by Crippen LogP contribution is 2.58. The number of allylic oxidation sites excluding steroid dienone is 4. The molecule has 0 saturated heterocycles. The molecule has 0 aromatic heterocycles. The molecule has 114 valence electrons. The van der Waals surface area contributed by atoms with Gasteiger partial charge < -0.3 is 5.11 Å². The SMILES string of the molecule is CC1=CC[C@H]([Si](C)(C)C)[C@]2(C)CC[C@@H]([C@H](C)CO)C=C12. The van der Waals surface area contributed by atoms with Crippen molar-refractivity contribution in [1.29, 1.82) is 0 Å². The van der Waals surface area contributed by atoms with E-state index in [0.717, 1.165) is 5.54 Å². The average molecular weight is 293 g/mol. The molecule has 2 aliphatic carbocycles. The monoisotopic (exact) mass is 292 g/mol. The Morgan fingerprint density at radius 1 is 1.40 bits per heavy atom. The predicted octanol–water partition coefficient (Wildman–Crippen LogP) is 5.02. The zero-order valence-electron chi connectivity index (χ0n) is 14.2. The van der Waals surface area contributed by atoms with Gasteiger partial charge in [0.05, 0.1) is 0 Å². The fourth-order valence-electron chi connectivity index (χ4n) is 4.59. The van der Waals surface area contributed by atoms with E-state index < -0.39 is 8.07 Å². The summed E-state index contributed by atoms with van der Waals surface area (Å²) in [5.41, 5.74) is 4.34. The fraction of sp³-hybridized carbons (Fsp3) is 0.778. The first-order valence-corrected chi connectivity index (χ1v) is 11.8. The highest BCUT2D eigenvalue weighted by atomic mass is 28.3. The topological polar surface area (TPSA) is 20.2 Å². The highest BCUT2D eigenvalue weighted by molar-refractivity contribution is 6.77. The minimum Gasteiger partial charge on any atom is -0.396 e. The van der Waals surface area contributed by atoms with E-state index in [-0.39, 0.29) is 0 Å². The van der Waals surface area contributed by atoms with E-state index in [1.54, 1.807) is 5.57 Å². The molecule has 1 N–H and O–H groups in total. The summed E-state index contributed by atoms with van der Waals surface area (Å²) in [5, 5.41) is 9.46. The third-order valence-corrected chi connectivity index (χ3v) is 8.87. The molecule has 0 aromatic rings. The third kappa shape index (κ3) is 2.69. The van der Waals surface area contributed by atoms with Gasteiger partial charge in [-0.05, 0) is 54.6 Å². The van der Waals surface area contributed by atoms with E-state index in [1.807, 2.05) is 0 Å². The highest BCUT2D eigenvalue weighted by Gasteiger charge is 2.47. The van der Waals surface area contributed by atoms with Gasteiger partial charge in [-0.15, -0.1) is 0 Å². The van der Waals surface area contributed by atoms with Crippen molar-refractivity contribution >= 4 is 8.07 Å². The van der Waals surface area contributed by atoms with Crippen molar-refractivity contribution in [3.63, 3.8) is 0 Å². The van der Waals surface area contributed by atoms with Crippen molar-refractivity contribution < 1.29 is 5.11 Å². The molecule has 0 heterocycles. The Kier molecular flexibility index (Phi) is 4.37. The van der Waals surface area contributed by atoms with E-state index in [4.69, 9.17) is 0 Å². The van der Waals surface area contributed by atoms with Crippen molar-refractivity contribution in [2.75, 3.05) is 6.61 Å². The van der Waals surface area contributed by atoms with Crippen LogP contribution in [0.3, 0.4) is 0 Å². The normalized spacial score (nSPS) is 36.0. The first kappa shape index (κ1) is 16.0.